The number of likely N-dealkylation sites (tertiary alicyclic amines) is 1. The van der Waals surface area contributed by atoms with Crippen LogP contribution >= 0.6 is 0 Å². The number of amidine groups is 1. The van der Waals surface area contributed by atoms with Gasteiger partial charge in [-0.25, -0.2) is 0 Å². The lowest BCUT2D eigenvalue weighted by Crippen LogP contribution is -2.43. The van der Waals surface area contributed by atoms with Crippen molar-refractivity contribution in [3.8, 4) is 0 Å². The highest BCUT2D eigenvalue weighted by molar-refractivity contribution is 7.90. The predicted molar refractivity (Wildman–Crippen MR) is 123 cm³/mol. The number of benzene rings is 2. The zero-order valence-corrected chi connectivity index (χ0v) is 18.9. The lowest BCUT2D eigenvalue weighted by atomic mass is 10.1. The molecule has 32 heavy (non-hydrogen) atoms. The smallest absolute Gasteiger partial charge is 0.285 e. The number of rotatable bonds is 5. The van der Waals surface area contributed by atoms with Crippen LogP contribution in [0, 0.1) is 5.92 Å². The van der Waals surface area contributed by atoms with E-state index in [0.29, 0.717) is 42.2 Å². The lowest BCUT2D eigenvalue weighted by molar-refractivity contribution is -0.119. The number of hydrogen-bond acceptors (Lipinski definition) is 5. The minimum atomic E-state index is -3.74. The third kappa shape index (κ3) is 4.52. The molecule has 2 N–H and O–H groups in total. The van der Waals surface area contributed by atoms with E-state index in [0.717, 1.165) is 6.42 Å². The zero-order chi connectivity index (χ0) is 22.9. The molecule has 0 spiro atoms. The Kier molecular flexibility index (Phi) is 6.01. The average molecular weight is 455 g/mol. The van der Waals surface area contributed by atoms with E-state index in [2.05, 4.69) is 15.0 Å². The van der Waals surface area contributed by atoms with Crippen LogP contribution < -0.4 is 10.6 Å². The lowest BCUT2D eigenvalue weighted by Gasteiger charge is -2.25. The maximum absolute atomic E-state index is 13.0. The van der Waals surface area contributed by atoms with Gasteiger partial charge in [0, 0.05) is 29.9 Å². The Morgan fingerprint density at radius 3 is 2.41 bits per heavy atom. The normalized spacial score (nSPS) is 18.9. The fourth-order valence-corrected chi connectivity index (χ4v) is 5.25. The van der Waals surface area contributed by atoms with E-state index < -0.39 is 16.1 Å². The largest absolute Gasteiger partial charge is 0.343 e. The van der Waals surface area contributed by atoms with Crippen molar-refractivity contribution in [2.75, 3.05) is 17.2 Å². The third-order valence-electron chi connectivity index (χ3n) is 5.47. The zero-order valence-electron chi connectivity index (χ0n) is 18.0. The monoisotopic (exact) mass is 454 g/mol. The number of carbonyl (C=O) groups is 2. The van der Waals surface area contributed by atoms with E-state index in [1.165, 1.54) is 6.07 Å². The second-order valence-electron chi connectivity index (χ2n) is 8.45. The molecule has 0 aliphatic carbocycles. The Balaban J connectivity index is 1.45. The number of carbonyl (C=O) groups excluding carboxylic acids is 2. The van der Waals surface area contributed by atoms with Crippen molar-refractivity contribution in [1.29, 1.82) is 0 Å². The van der Waals surface area contributed by atoms with Gasteiger partial charge in [0.25, 0.3) is 10.0 Å². The Morgan fingerprint density at radius 1 is 1.06 bits per heavy atom. The van der Waals surface area contributed by atoms with Crippen LogP contribution in [0.4, 0.5) is 11.4 Å². The molecule has 2 heterocycles. The molecule has 1 fully saturated rings. The number of sulfonamides is 1. The first-order valence-electron chi connectivity index (χ1n) is 10.7. The molecule has 8 nitrogen and oxygen atoms in total. The molecule has 1 atom stereocenters. The minimum Gasteiger partial charge on any atom is -0.343 e. The first-order valence-corrected chi connectivity index (χ1v) is 12.1. The van der Waals surface area contributed by atoms with Crippen molar-refractivity contribution in [3.63, 3.8) is 0 Å². The average Bonchev–Trinajstić information content (AvgIpc) is 3.32. The van der Waals surface area contributed by atoms with Gasteiger partial charge in [0.15, 0.2) is 5.84 Å². The first-order chi connectivity index (χ1) is 15.2. The summed E-state index contributed by atoms with van der Waals surface area (Å²) in [6.45, 7) is 4.52. The van der Waals surface area contributed by atoms with E-state index in [1.54, 1.807) is 47.4 Å². The first kappa shape index (κ1) is 22.0. The van der Waals surface area contributed by atoms with Crippen LogP contribution in [0.3, 0.4) is 0 Å². The number of fused-ring (bicyclic) bond motifs is 1. The standard InChI is InChI=1S/C23H26N4O4S/c1-15(2)14-21(28)24-16-9-11-17(12-10-16)25-23(29)19-7-5-13-27(19)22-18-6-3-4-8-20(18)32(30,31)26-22/h3-4,6,8-12,15,19H,5,7,13-14H2,1-2H3,(H,24,28)(H,25,29)/t19-/m0/s1. The molecule has 2 aromatic rings. The highest BCUT2D eigenvalue weighted by Gasteiger charge is 2.39. The van der Waals surface area contributed by atoms with Crippen molar-refractivity contribution in [2.24, 2.45) is 10.3 Å². The van der Waals surface area contributed by atoms with Gasteiger partial charge in [-0.15, -0.1) is 4.40 Å². The van der Waals surface area contributed by atoms with E-state index in [9.17, 15) is 18.0 Å². The van der Waals surface area contributed by atoms with Crippen LogP contribution in [0.25, 0.3) is 0 Å². The minimum absolute atomic E-state index is 0.0500. The molecule has 9 heteroatoms. The molecule has 4 rings (SSSR count). The van der Waals surface area contributed by atoms with Crippen molar-refractivity contribution in [3.05, 3.63) is 54.1 Å². The summed E-state index contributed by atoms with van der Waals surface area (Å²) in [7, 11) is -3.74. The molecule has 168 valence electrons. The number of hydrogen-bond donors (Lipinski definition) is 2. The highest BCUT2D eigenvalue weighted by atomic mass is 32.2. The van der Waals surface area contributed by atoms with Crippen molar-refractivity contribution in [2.45, 2.75) is 44.0 Å². The molecular formula is C23H26N4O4S. The van der Waals surface area contributed by atoms with E-state index in [-0.39, 0.29) is 22.6 Å². The summed E-state index contributed by atoms with van der Waals surface area (Å²) in [4.78, 5) is 26.9. The van der Waals surface area contributed by atoms with Crippen LogP contribution in [0.15, 0.2) is 57.8 Å². The van der Waals surface area contributed by atoms with Crippen LogP contribution in [-0.2, 0) is 19.6 Å². The predicted octanol–water partition coefficient (Wildman–Crippen LogP) is 3.22. The van der Waals surface area contributed by atoms with Crippen LogP contribution in [-0.4, -0.2) is 43.6 Å². The van der Waals surface area contributed by atoms with Crippen molar-refractivity contribution >= 4 is 39.0 Å². The number of nitrogens with zero attached hydrogens (tertiary/aromatic N) is 2. The number of nitrogens with one attached hydrogen (secondary N) is 2. The van der Waals surface area contributed by atoms with Gasteiger partial charge >= 0.3 is 0 Å². The van der Waals surface area contributed by atoms with Crippen LogP contribution in [0.5, 0.6) is 0 Å². The Hall–Kier alpha value is -3.20. The molecule has 0 unspecified atom stereocenters. The van der Waals surface area contributed by atoms with Gasteiger partial charge in [-0.05, 0) is 55.2 Å². The molecular weight excluding hydrogens is 428 g/mol. The fraction of sp³-hybridized carbons (Fsp3) is 0.348. The highest BCUT2D eigenvalue weighted by Crippen LogP contribution is 2.31. The summed E-state index contributed by atoms with van der Waals surface area (Å²) < 4.78 is 28.8. The molecule has 0 bridgehead atoms. The topological polar surface area (TPSA) is 108 Å². The van der Waals surface area contributed by atoms with Gasteiger partial charge < -0.3 is 15.5 Å². The summed E-state index contributed by atoms with van der Waals surface area (Å²) in [5, 5.41) is 5.73. The molecule has 0 saturated carbocycles. The second-order valence-corrected chi connectivity index (χ2v) is 10.0. The summed E-state index contributed by atoms with van der Waals surface area (Å²) in [6.07, 6.45) is 1.81. The Bertz CT molecular complexity index is 1170. The summed E-state index contributed by atoms with van der Waals surface area (Å²) in [6, 6.07) is 13.1. The van der Waals surface area contributed by atoms with Gasteiger partial charge in [0.1, 0.15) is 10.9 Å². The summed E-state index contributed by atoms with van der Waals surface area (Å²) >= 11 is 0. The quantitative estimate of drug-likeness (QED) is 0.721. The van der Waals surface area contributed by atoms with E-state index in [1.807, 2.05) is 13.8 Å². The van der Waals surface area contributed by atoms with Gasteiger partial charge in [0.05, 0.1) is 0 Å². The maximum atomic E-state index is 13.0. The number of amides is 2. The summed E-state index contributed by atoms with van der Waals surface area (Å²) in [5.41, 5.74) is 1.80. The van der Waals surface area contributed by atoms with Crippen LogP contribution in [0.1, 0.15) is 38.7 Å². The molecule has 2 amide bonds. The van der Waals surface area contributed by atoms with E-state index >= 15 is 0 Å². The van der Waals surface area contributed by atoms with Gasteiger partial charge in [-0.3, -0.25) is 9.59 Å². The molecule has 2 aromatic carbocycles. The molecule has 2 aliphatic rings. The number of anilines is 2. The van der Waals surface area contributed by atoms with Gasteiger partial charge in [0.2, 0.25) is 11.8 Å². The molecule has 1 saturated heterocycles. The maximum Gasteiger partial charge on any atom is 0.285 e. The molecule has 0 radical (unpaired) electrons. The molecule has 0 aromatic heterocycles. The Labute approximate surface area is 187 Å². The van der Waals surface area contributed by atoms with Crippen molar-refractivity contribution in [1.82, 2.24) is 4.90 Å². The van der Waals surface area contributed by atoms with Gasteiger partial charge in [-0.2, -0.15) is 8.42 Å². The second kappa shape index (κ2) is 8.74. The SMILES string of the molecule is CC(C)CC(=O)Nc1ccc(NC(=O)[C@@H]2CCCN2C2=NS(=O)(=O)c3ccccc32)cc1. The molecule has 2 aliphatic heterocycles. The fourth-order valence-electron chi connectivity index (χ4n) is 4.03. The van der Waals surface area contributed by atoms with E-state index in [4.69, 9.17) is 0 Å². The van der Waals surface area contributed by atoms with Crippen LogP contribution in [0.2, 0.25) is 0 Å². The van der Waals surface area contributed by atoms with Crippen molar-refractivity contribution < 1.29 is 18.0 Å². The third-order valence-corrected chi connectivity index (χ3v) is 6.79. The Morgan fingerprint density at radius 2 is 1.72 bits per heavy atom. The van der Waals surface area contributed by atoms with Gasteiger partial charge in [-0.1, -0.05) is 26.0 Å². The summed E-state index contributed by atoms with van der Waals surface area (Å²) in [5.74, 6) is 0.338.